The molecule has 12 rings (SSSR count). The van der Waals surface area contributed by atoms with Gasteiger partial charge in [0.15, 0.2) is 5.58 Å². The third kappa shape index (κ3) is 4.70. The molecule has 1 aliphatic carbocycles. The number of allylic oxidation sites excluding steroid dienone is 4. The van der Waals surface area contributed by atoms with Gasteiger partial charge in [-0.1, -0.05) is 109 Å². The van der Waals surface area contributed by atoms with E-state index in [1.165, 1.54) is 47.3 Å². The van der Waals surface area contributed by atoms with Crippen LogP contribution in [-0.4, -0.2) is 14.5 Å². The monoisotopic (exact) mass is 721 g/mol. The standard InChI is InChI=1S/C50H31N3OS/c1-3-13-30(14-4-1)33-25-34(31-15-5-2-6-16-31)27-35(26-33)46-48-47(39-19-8-11-21-44(39)54-48)52-50(51-46)53-42-20-10-7-17-36(42)41-28-32-23-24-38-37-18-9-12-22-45(37)55-49(38)40(32)29-43(41)53/h1,3-5,7-29H,2,6H2. The van der Waals surface area contributed by atoms with Gasteiger partial charge in [0.25, 0.3) is 0 Å². The normalized spacial score (nSPS) is 13.3. The van der Waals surface area contributed by atoms with Gasteiger partial charge in [0.2, 0.25) is 5.95 Å². The first-order chi connectivity index (χ1) is 27.2. The van der Waals surface area contributed by atoms with Crippen LogP contribution in [0, 0.1) is 0 Å². The van der Waals surface area contributed by atoms with Gasteiger partial charge >= 0.3 is 0 Å². The fourth-order valence-corrected chi connectivity index (χ4v) is 9.85. The predicted octanol–water partition coefficient (Wildman–Crippen LogP) is 14.1. The molecule has 258 valence electrons. The van der Waals surface area contributed by atoms with Crippen LogP contribution in [0.25, 0.3) is 109 Å². The van der Waals surface area contributed by atoms with E-state index in [1.807, 2.05) is 23.5 Å². The van der Waals surface area contributed by atoms with Gasteiger partial charge in [0, 0.05) is 47.3 Å². The molecule has 0 radical (unpaired) electrons. The number of furan rings is 1. The Morgan fingerprint density at radius 1 is 0.545 bits per heavy atom. The summed E-state index contributed by atoms with van der Waals surface area (Å²) in [5.41, 5.74) is 10.9. The summed E-state index contributed by atoms with van der Waals surface area (Å²) < 4.78 is 11.5. The maximum Gasteiger partial charge on any atom is 0.236 e. The molecular weight excluding hydrogens is 691 g/mol. The quantitative estimate of drug-likeness (QED) is 0.182. The van der Waals surface area contributed by atoms with E-state index < -0.39 is 0 Å². The maximum atomic E-state index is 6.69. The number of fused-ring (bicyclic) bond motifs is 11. The Morgan fingerprint density at radius 2 is 1.33 bits per heavy atom. The van der Waals surface area contributed by atoms with Crippen molar-refractivity contribution in [2.24, 2.45) is 0 Å². The number of hydrogen-bond donors (Lipinski definition) is 0. The van der Waals surface area contributed by atoms with Crippen LogP contribution >= 0.6 is 11.3 Å². The minimum Gasteiger partial charge on any atom is -0.452 e. The number of aromatic nitrogens is 3. The Bertz CT molecular complexity index is 3440. The van der Waals surface area contributed by atoms with Gasteiger partial charge < -0.3 is 4.42 Å². The smallest absolute Gasteiger partial charge is 0.236 e. The number of hydrogen-bond acceptors (Lipinski definition) is 4. The summed E-state index contributed by atoms with van der Waals surface area (Å²) in [7, 11) is 0. The third-order valence-corrected chi connectivity index (χ3v) is 12.4. The molecule has 0 unspecified atom stereocenters. The Balaban J connectivity index is 1.19. The van der Waals surface area contributed by atoms with Crippen molar-refractivity contribution >= 4 is 91.7 Å². The molecule has 0 spiro atoms. The molecule has 0 aliphatic heterocycles. The molecule has 4 aromatic heterocycles. The van der Waals surface area contributed by atoms with E-state index in [4.69, 9.17) is 14.4 Å². The van der Waals surface area contributed by atoms with Crippen molar-refractivity contribution in [3.8, 4) is 28.3 Å². The summed E-state index contributed by atoms with van der Waals surface area (Å²) in [5.74, 6) is 0.617. The topological polar surface area (TPSA) is 43.9 Å². The number of nitrogens with zero attached hydrogens (tertiary/aromatic N) is 3. The molecule has 0 N–H and O–H groups in total. The van der Waals surface area contributed by atoms with E-state index in [2.05, 4.69) is 156 Å². The minimum atomic E-state index is 0.617. The second kappa shape index (κ2) is 11.8. The fraction of sp³-hybridized carbons (Fsp3) is 0.0400. The van der Waals surface area contributed by atoms with Crippen molar-refractivity contribution in [3.05, 3.63) is 169 Å². The zero-order chi connectivity index (χ0) is 36.0. The average molecular weight is 722 g/mol. The minimum absolute atomic E-state index is 0.617. The van der Waals surface area contributed by atoms with E-state index >= 15 is 0 Å². The summed E-state index contributed by atoms with van der Waals surface area (Å²) in [6.07, 6.45) is 8.94. The Hall–Kier alpha value is -6.82. The summed E-state index contributed by atoms with van der Waals surface area (Å²) in [5, 5.41) is 8.36. The second-order valence-electron chi connectivity index (χ2n) is 14.4. The number of benzene rings is 7. The lowest BCUT2D eigenvalue weighted by atomic mass is 9.92. The van der Waals surface area contributed by atoms with Crippen molar-refractivity contribution in [3.63, 3.8) is 0 Å². The van der Waals surface area contributed by atoms with E-state index in [0.29, 0.717) is 11.5 Å². The molecule has 55 heavy (non-hydrogen) atoms. The highest BCUT2D eigenvalue weighted by molar-refractivity contribution is 7.26. The summed E-state index contributed by atoms with van der Waals surface area (Å²) in [4.78, 5) is 10.9. The highest BCUT2D eigenvalue weighted by atomic mass is 32.1. The molecule has 7 aromatic carbocycles. The Kier molecular flexibility index (Phi) is 6.59. The van der Waals surface area contributed by atoms with Crippen LogP contribution in [0.4, 0.5) is 0 Å². The molecule has 0 saturated heterocycles. The number of para-hydroxylation sites is 2. The van der Waals surface area contributed by atoms with E-state index in [-0.39, 0.29) is 0 Å². The molecule has 5 heteroatoms. The van der Waals surface area contributed by atoms with E-state index in [0.717, 1.165) is 68.3 Å². The van der Waals surface area contributed by atoms with Gasteiger partial charge in [-0.25, -0.2) is 9.97 Å². The van der Waals surface area contributed by atoms with Crippen LogP contribution < -0.4 is 0 Å². The highest BCUT2D eigenvalue weighted by Gasteiger charge is 2.23. The third-order valence-electron chi connectivity index (χ3n) is 11.2. The molecule has 11 aromatic rings. The largest absolute Gasteiger partial charge is 0.452 e. The molecule has 4 heterocycles. The van der Waals surface area contributed by atoms with Crippen LogP contribution in [0.3, 0.4) is 0 Å². The van der Waals surface area contributed by atoms with Crippen LogP contribution in [0.1, 0.15) is 18.4 Å². The zero-order valence-corrected chi connectivity index (χ0v) is 30.5. The average Bonchev–Trinajstić information content (AvgIpc) is 3.93. The van der Waals surface area contributed by atoms with E-state index in [9.17, 15) is 0 Å². The highest BCUT2D eigenvalue weighted by Crippen LogP contribution is 2.43. The lowest BCUT2D eigenvalue weighted by Crippen LogP contribution is -2.03. The molecule has 0 atom stereocenters. The molecule has 0 saturated carbocycles. The van der Waals surface area contributed by atoms with Crippen LogP contribution in [0.5, 0.6) is 0 Å². The molecule has 1 aliphatic rings. The molecule has 4 nitrogen and oxygen atoms in total. The fourth-order valence-electron chi connectivity index (χ4n) is 8.62. The maximum absolute atomic E-state index is 6.69. The molecule has 0 amide bonds. The van der Waals surface area contributed by atoms with Gasteiger partial charge in [-0.15, -0.1) is 11.3 Å². The first-order valence-corrected chi connectivity index (χ1v) is 19.6. The zero-order valence-electron chi connectivity index (χ0n) is 29.7. The second-order valence-corrected chi connectivity index (χ2v) is 15.5. The van der Waals surface area contributed by atoms with Crippen LogP contribution in [-0.2, 0) is 0 Å². The van der Waals surface area contributed by atoms with E-state index in [1.54, 1.807) is 0 Å². The summed E-state index contributed by atoms with van der Waals surface area (Å²) in [6, 6.07) is 52.2. The van der Waals surface area contributed by atoms with Crippen molar-refractivity contribution in [1.82, 2.24) is 14.5 Å². The molecular formula is C50H31N3OS. The summed E-state index contributed by atoms with van der Waals surface area (Å²) in [6.45, 7) is 0. The van der Waals surface area contributed by atoms with Gasteiger partial charge in [-0.05, 0) is 95.1 Å². The van der Waals surface area contributed by atoms with Crippen molar-refractivity contribution in [2.45, 2.75) is 12.8 Å². The SMILES string of the molecule is C1=CC(c2cc(-c3ccccc3)cc(-c3nc(-n4c5ccccc5c5cc6ccc7c8ccccc8sc7c6cc54)nc4c3oc3ccccc34)c2)=CCC1. The number of thiophene rings is 1. The predicted molar refractivity (Wildman–Crippen MR) is 231 cm³/mol. The van der Waals surface area contributed by atoms with Gasteiger partial charge in [-0.2, -0.15) is 0 Å². The van der Waals surface area contributed by atoms with Crippen LogP contribution in [0.2, 0.25) is 0 Å². The van der Waals surface area contributed by atoms with Crippen molar-refractivity contribution in [1.29, 1.82) is 0 Å². The first-order valence-electron chi connectivity index (χ1n) is 18.8. The lowest BCUT2D eigenvalue weighted by Gasteiger charge is -2.14. The van der Waals surface area contributed by atoms with Crippen LogP contribution in [0.15, 0.2) is 168 Å². The van der Waals surface area contributed by atoms with Gasteiger partial charge in [0.05, 0.1) is 11.0 Å². The Morgan fingerprint density at radius 3 is 2.22 bits per heavy atom. The molecule has 0 fully saturated rings. The van der Waals surface area contributed by atoms with Crippen molar-refractivity contribution < 1.29 is 4.42 Å². The van der Waals surface area contributed by atoms with Gasteiger partial charge in [0.1, 0.15) is 16.8 Å². The Labute approximate surface area is 319 Å². The lowest BCUT2D eigenvalue weighted by molar-refractivity contribution is 0.666. The first kappa shape index (κ1) is 30.6. The molecule has 0 bridgehead atoms. The van der Waals surface area contributed by atoms with Gasteiger partial charge in [-0.3, -0.25) is 4.57 Å². The number of rotatable bonds is 4. The van der Waals surface area contributed by atoms with Crippen molar-refractivity contribution in [2.75, 3.05) is 0 Å². The summed E-state index contributed by atoms with van der Waals surface area (Å²) >= 11 is 1.86.